The van der Waals surface area contributed by atoms with Gasteiger partial charge in [-0.15, -0.1) is 11.3 Å². The second-order valence-electron chi connectivity index (χ2n) is 5.23. The molecule has 0 saturated heterocycles. The zero-order valence-electron chi connectivity index (χ0n) is 11.0. The lowest BCUT2D eigenvalue weighted by molar-refractivity contribution is 0.0941. The highest BCUT2D eigenvalue weighted by Gasteiger charge is 2.28. The van der Waals surface area contributed by atoms with Crippen LogP contribution >= 0.6 is 11.3 Å². The first kappa shape index (κ1) is 13.6. The minimum Gasteiger partial charge on any atom is -0.349 e. The molecular weight excluding hydrogens is 244 g/mol. The third-order valence-corrected chi connectivity index (χ3v) is 4.74. The van der Waals surface area contributed by atoms with E-state index in [9.17, 15) is 4.79 Å². The van der Waals surface area contributed by atoms with Gasteiger partial charge >= 0.3 is 0 Å². The van der Waals surface area contributed by atoms with Gasteiger partial charge in [0, 0.05) is 12.1 Å². The Labute approximate surface area is 113 Å². The Bertz CT molecular complexity index is 408. The van der Waals surface area contributed by atoms with E-state index in [0.717, 1.165) is 29.7 Å². The van der Waals surface area contributed by atoms with Gasteiger partial charge in [-0.05, 0) is 36.3 Å². The number of hydrogen-bond acceptors (Lipinski definition) is 3. The van der Waals surface area contributed by atoms with E-state index in [-0.39, 0.29) is 11.4 Å². The highest BCUT2D eigenvalue weighted by atomic mass is 32.1. The Kier molecular flexibility index (Phi) is 4.40. The van der Waals surface area contributed by atoms with E-state index >= 15 is 0 Å². The highest BCUT2D eigenvalue weighted by molar-refractivity contribution is 7.12. The van der Waals surface area contributed by atoms with Crippen LogP contribution in [0.15, 0.2) is 11.4 Å². The number of carbonyl (C=O) groups is 1. The standard InChI is InChI=1S/C14H22N2OS/c1-2-11-6-9-18-12(11)13(17)16-10-14(15)7-4-3-5-8-14/h6,9H,2-5,7-8,10,15H2,1H3,(H,16,17). The average molecular weight is 266 g/mol. The Hall–Kier alpha value is -0.870. The quantitative estimate of drug-likeness (QED) is 0.880. The summed E-state index contributed by atoms with van der Waals surface area (Å²) in [6, 6.07) is 2.03. The number of nitrogens with one attached hydrogen (secondary N) is 1. The summed E-state index contributed by atoms with van der Waals surface area (Å²) in [6.07, 6.45) is 6.60. The van der Waals surface area contributed by atoms with Crippen LogP contribution in [0.1, 0.15) is 54.3 Å². The number of aryl methyl sites for hydroxylation is 1. The smallest absolute Gasteiger partial charge is 0.261 e. The first-order valence-corrected chi connectivity index (χ1v) is 7.66. The Balaban J connectivity index is 1.92. The van der Waals surface area contributed by atoms with Crippen LogP contribution in [0.25, 0.3) is 0 Å². The highest BCUT2D eigenvalue weighted by Crippen LogP contribution is 2.25. The van der Waals surface area contributed by atoms with E-state index in [4.69, 9.17) is 5.73 Å². The van der Waals surface area contributed by atoms with Crippen molar-refractivity contribution in [2.24, 2.45) is 5.73 Å². The molecule has 1 fully saturated rings. The van der Waals surface area contributed by atoms with Crippen molar-refractivity contribution < 1.29 is 4.79 Å². The summed E-state index contributed by atoms with van der Waals surface area (Å²) in [6.45, 7) is 2.68. The monoisotopic (exact) mass is 266 g/mol. The van der Waals surface area contributed by atoms with Crippen LogP contribution in [0, 0.1) is 0 Å². The van der Waals surface area contributed by atoms with Crippen molar-refractivity contribution >= 4 is 17.2 Å². The normalized spacial score (nSPS) is 18.6. The van der Waals surface area contributed by atoms with Crippen molar-refractivity contribution in [1.29, 1.82) is 0 Å². The maximum absolute atomic E-state index is 12.1. The minimum absolute atomic E-state index is 0.0391. The number of nitrogens with two attached hydrogens (primary N) is 1. The average Bonchev–Trinajstić information content (AvgIpc) is 2.85. The van der Waals surface area contributed by atoms with Gasteiger partial charge in [0.2, 0.25) is 0 Å². The summed E-state index contributed by atoms with van der Waals surface area (Å²) in [5.41, 5.74) is 7.27. The first-order valence-electron chi connectivity index (χ1n) is 6.78. The summed E-state index contributed by atoms with van der Waals surface area (Å²) in [7, 11) is 0. The number of thiophene rings is 1. The van der Waals surface area contributed by atoms with Crippen molar-refractivity contribution in [3.8, 4) is 0 Å². The zero-order chi connectivity index (χ0) is 13.0. The predicted molar refractivity (Wildman–Crippen MR) is 76.0 cm³/mol. The molecule has 0 unspecified atom stereocenters. The van der Waals surface area contributed by atoms with Crippen LogP contribution in [-0.4, -0.2) is 18.0 Å². The molecule has 0 bridgehead atoms. The van der Waals surface area contributed by atoms with Gasteiger partial charge in [0.1, 0.15) is 0 Å². The van der Waals surface area contributed by atoms with Crippen LogP contribution in [-0.2, 0) is 6.42 Å². The SMILES string of the molecule is CCc1ccsc1C(=O)NCC1(N)CCCCC1. The van der Waals surface area contributed by atoms with Gasteiger partial charge in [-0.25, -0.2) is 0 Å². The molecule has 1 heterocycles. The van der Waals surface area contributed by atoms with Crippen molar-refractivity contribution in [2.75, 3.05) is 6.54 Å². The maximum atomic E-state index is 12.1. The molecule has 0 radical (unpaired) electrons. The molecule has 100 valence electrons. The summed E-state index contributed by atoms with van der Waals surface area (Å²) in [5.74, 6) is 0.0391. The van der Waals surface area contributed by atoms with Crippen molar-refractivity contribution in [1.82, 2.24) is 5.32 Å². The third-order valence-electron chi connectivity index (χ3n) is 3.78. The summed E-state index contributed by atoms with van der Waals surface area (Å²) < 4.78 is 0. The Morgan fingerprint density at radius 2 is 2.17 bits per heavy atom. The first-order chi connectivity index (χ1) is 8.64. The fourth-order valence-corrected chi connectivity index (χ4v) is 3.49. The van der Waals surface area contributed by atoms with E-state index in [0.29, 0.717) is 6.54 Å². The van der Waals surface area contributed by atoms with Crippen molar-refractivity contribution in [3.05, 3.63) is 21.9 Å². The molecule has 1 amide bonds. The van der Waals surface area contributed by atoms with Crippen LogP contribution in [0.3, 0.4) is 0 Å². The van der Waals surface area contributed by atoms with E-state index in [1.165, 1.54) is 30.6 Å². The second-order valence-corrected chi connectivity index (χ2v) is 6.15. The van der Waals surface area contributed by atoms with E-state index in [1.807, 2.05) is 11.4 Å². The van der Waals surface area contributed by atoms with E-state index in [2.05, 4.69) is 12.2 Å². The molecule has 18 heavy (non-hydrogen) atoms. The molecule has 1 aliphatic carbocycles. The molecule has 1 saturated carbocycles. The number of rotatable bonds is 4. The molecule has 1 aliphatic rings. The van der Waals surface area contributed by atoms with Crippen molar-refractivity contribution in [2.45, 2.75) is 51.0 Å². The van der Waals surface area contributed by atoms with Crippen molar-refractivity contribution in [3.63, 3.8) is 0 Å². The molecular formula is C14H22N2OS. The van der Waals surface area contributed by atoms with E-state index in [1.54, 1.807) is 0 Å². The van der Waals surface area contributed by atoms with E-state index < -0.39 is 0 Å². The van der Waals surface area contributed by atoms with Gasteiger partial charge in [-0.2, -0.15) is 0 Å². The second kappa shape index (κ2) is 5.85. The summed E-state index contributed by atoms with van der Waals surface area (Å²) >= 11 is 1.51. The lowest BCUT2D eigenvalue weighted by Crippen LogP contribution is -2.51. The fraction of sp³-hybridized carbons (Fsp3) is 0.643. The fourth-order valence-electron chi connectivity index (χ4n) is 2.58. The van der Waals surface area contributed by atoms with Gasteiger partial charge < -0.3 is 11.1 Å². The molecule has 1 aromatic heterocycles. The number of amides is 1. The van der Waals surface area contributed by atoms with Crippen LogP contribution in [0.2, 0.25) is 0 Å². The van der Waals surface area contributed by atoms with Crippen LogP contribution < -0.4 is 11.1 Å². The summed E-state index contributed by atoms with van der Waals surface area (Å²) in [5, 5.41) is 5.00. The van der Waals surface area contributed by atoms with Gasteiger partial charge in [0.05, 0.1) is 4.88 Å². The third kappa shape index (κ3) is 3.12. The molecule has 0 aliphatic heterocycles. The lowest BCUT2D eigenvalue weighted by atomic mass is 9.82. The molecule has 0 atom stereocenters. The van der Waals surface area contributed by atoms with Crippen LogP contribution in [0.5, 0.6) is 0 Å². The largest absolute Gasteiger partial charge is 0.349 e. The topological polar surface area (TPSA) is 55.1 Å². The molecule has 3 N–H and O–H groups in total. The zero-order valence-corrected chi connectivity index (χ0v) is 11.8. The molecule has 4 heteroatoms. The molecule has 2 rings (SSSR count). The Morgan fingerprint density at radius 1 is 1.44 bits per heavy atom. The summed E-state index contributed by atoms with van der Waals surface area (Å²) in [4.78, 5) is 13.0. The molecule has 3 nitrogen and oxygen atoms in total. The minimum atomic E-state index is -0.183. The maximum Gasteiger partial charge on any atom is 0.261 e. The predicted octanol–water partition coefficient (Wildman–Crippen LogP) is 2.70. The molecule has 0 aromatic carbocycles. The van der Waals surface area contributed by atoms with Gasteiger partial charge in [-0.3, -0.25) is 4.79 Å². The number of carbonyl (C=O) groups excluding carboxylic acids is 1. The van der Waals surface area contributed by atoms with Gasteiger partial charge in [0.25, 0.3) is 5.91 Å². The van der Waals surface area contributed by atoms with Gasteiger partial charge in [0.15, 0.2) is 0 Å². The molecule has 1 aromatic rings. The Morgan fingerprint density at radius 3 is 2.83 bits per heavy atom. The number of hydrogen-bond donors (Lipinski definition) is 2. The van der Waals surface area contributed by atoms with Crippen LogP contribution in [0.4, 0.5) is 0 Å². The van der Waals surface area contributed by atoms with Gasteiger partial charge in [-0.1, -0.05) is 26.2 Å². The molecule has 0 spiro atoms. The lowest BCUT2D eigenvalue weighted by Gasteiger charge is -2.33.